The normalized spacial score (nSPS) is 10.8. The highest BCUT2D eigenvalue weighted by Gasteiger charge is 2.11. The van der Waals surface area contributed by atoms with Crippen molar-refractivity contribution in [1.82, 2.24) is 20.4 Å². The molecule has 0 saturated heterocycles. The zero-order chi connectivity index (χ0) is 25.0. The van der Waals surface area contributed by atoms with Gasteiger partial charge in [0.15, 0.2) is 0 Å². The molecule has 0 aliphatic rings. The Morgan fingerprint density at radius 2 is 1.00 bits per heavy atom. The number of nitrogens with zero attached hydrogens (tertiary/aromatic N) is 4. The van der Waals surface area contributed by atoms with Crippen LogP contribution < -0.4 is 10.6 Å². The first-order valence-electron chi connectivity index (χ1n) is 12.0. The minimum atomic E-state index is -0.0548. The number of carbonyl (C=O) groups excluding carboxylic acids is 2. The molecule has 2 amide bonds. The minimum Gasteiger partial charge on any atom is -0.301 e. The first kappa shape index (κ1) is 25.6. The largest absolute Gasteiger partial charge is 0.301 e. The van der Waals surface area contributed by atoms with E-state index in [2.05, 4.69) is 31.0 Å². The molecule has 0 bridgehead atoms. The highest BCUT2D eigenvalue weighted by Crippen LogP contribution is 2.20. The molecule has 0 radical (unpaired) electrons. The molecular weight excluding hydrogens is 492 g/mol. The van der Waals surface area contributed by atoms with Gasteiger partial charge in [0, 0.05) is 25.7 Å². The van der Waals surface area contributed by atoms with Crippen molar-refractivity contribution >= 4 is 44.8 Å². The molecule has 186 valence electrons. The van der Waals surface area contributed by atoms with Gasteiger partial charge in [-0.05, 0) is 36.8 Å². The molecule has 0 unspecified atom stereocenters. The number of hydrogen-bond donors (Lipinski definition) is 2. The van der Waals surface area contributed by atoms with Crippen LogP contribution in [0, 0.1) is 0 Å². The number of aromatic nitrogens is 4. The average Bonchev–Trinajstić information content (AvgIpc) is 3.54. The first-order chi connectivity index (χ1) is 17.6. The van der Waals surface area contributed by atoms with E-state index in [4.69, 9.17) is 0 Å². The molecule has 0 spiro atoms. The monoisotopic (exact) mass is 520 g/mol. The summed E-state index contributed by atoms with van der Waals surface area (Å²) in [6, 6.07) is 19.9. The molecule has 0 aliphatic carbocycles. The fourth-order valence-electron chi connectivity index (χ4n) is 3.53. The molecular formula is C26H28N6O2S2. The third-order valence-electron chi connectivity index (χ3n) is 5.42. The molecule has 0 atom stereocenters. The van der Waals surface area contributed by atoms with Gasteiger partial charge in [-0.1, -0.05) is 83.3 Å². The van der Waals surface area contributed by atoms with E-state index in [9.17, 15) is 9.59 Å². The van der Waals surface area contributed by atoms with Gasteiger partial charge in [0.2, 0.25) is 22.1 Å². The van der Waals surface area contributed by atoms with Crippen molar-refractivity contribution in [2.45, 2.75) is 51.4 Å². The highest BCUT2D eigenvalue weighted by atomic mass is 32.1. The van der Waals surface area contributed by atoms with E-state index in [1.807, 2.05) is 60.7 Å². The SMILES string of the molecule is O=C(CCc1ccccc1)Nc1nnc(CCCCc2nnc(NC(=O)CCc3ccccc3)s2)s1. The maximum atomic E-state index is 12.2. The van der Waals surface area contributed by atoms with E-state index >= 15 is 0 Å². The van der Waals surface area contributed by atoms with Crippen molar-refractivity contribution in [1.29, 1.82) is 0 Å². The number of hydrogen-bond acceptors (Lipinski definition) is 8. The Balaban J connectivity index is 1.11. The van der Waals surface area contributed by atoms with Crippen LogP contribution in [0.15, 0.2) is 60.7 Å². The highest BCUT2D eigenvalue weighted by molar-refractivity contribution is 7.15. The lowest BCUT2D eigenvalue weighted by molar-refractivity contribution is -0.117. The molecule has 8 nitrogen and oxygen atoms in total. The molecule has 0 aliphatic heterocycles. The van der Waals surface area contributed by atoms with E-state index in [0.29, 0.717) is 35.9 Å². The minimum absolute atomic E-state index is 0.0548. The number of benzene rings is 2. The lowest BCUT2D eigenvalue weighted by atomic mass is 10.1. The Kier molecular flexibility index (Phi) is 9.63. The predicted octanol–water partition coefficient (Wildman–Crippen LogP) is 5.10. The number of anilines is 2. The van der Waals surface area contributed by atoms with Crippen molar-refractivity contribution in [2.75, 3.05) is 10.6 Å². The van der Waals surface area contributed by atoms with Crippen LogP contribution in [0.4, 0.5) is 10.3 Å². The Labute approximate surface area is 218 Å². The van der Waals surface area contributed by atoms with E-state index < -0.39 is 0 Å². The molecule has 0 fully saturated rings. The molecule has 36 heavy (non-hydrogen) atoms. The maximum absolute atomic E-state index is 12.2. The van der Waals surface area contributed by atoms with Gasteiger partial charge in [-0.15, -0.1) is 20.4 Å². The molecule has 4 rings (SSSR count). The molecule has 2 aromatic heterocycles. The van der Waals surface area contributed by atoms with E-state index in [1.165, 1.54) is 22.7 Å². The number of amides is 2. The summed E-state index contributed by atoms with van der Waals surface area (Å²) in [5.41, 5.74) is 2.28. The summed E-state index contributed by atoms with van der Waals surface area (Å²) >= 11 is 2.83. The van der Waals surface area contributed by atoms with Crippen LogP contribution in [0.2, 0.25) is 0 Å². The summed E-state index contributed by atoms with van der Waals surface area (Å²) in [5, 5.41) is 25.1. The Morgan fingerprint density at radius 1 is 0.583 bits per heavy atom. The van der Waals surface area contributed by atoms with Crippen molar-refractivity contribution in [3.63, 3.8) is 0 Å². The van der Waals surface area contributed by atoms with Crippen molar-refractivity contribution < 1.29 is 9.59 Å². The van der Waals surface area contributed by atoms with Gasteiger partial charge >= 0.3 is 0 Å². The fourth-order valence-corrected chi connectivity index (χ4v) is 5.13. The van der Waals surface area contributed by atoms with Gasteiger partial charge in [0.05, 0.1) is 0 Å². The summed E-state index contributed by atoms with van der Waals surface area (Å²) in [7, 11) is 0. The topological polar surface area (TPSA) is 110 Å². The van der Waals surface area contributed by atoms with Crippen LogP contribution in [0.5, 0.6) is 0 Å². The second-order valence-corrected chi connectivity index (χ2v) is 10.4. The van der Waals surface area contributed by atoms with Crippen LogP contribution in [-0.2, 0) is 35.3 Å². The Hall–Kier alpha value is -3.50. The van der Waals surface area contributed by atoms with Crippen molar-refractivity contribution in [2.24, 2.45) is 0 Å². The van der Waals surface area contributed by atoms with Crippen LogP contribution in [0.3, 0.4) is 0 Å². The van der Waals surface area contributed by atoms with Crippen LogP contribution in [0.25, 0.3) is 0 Å². The standard InChI is InChI=1S/C26H28N6O2S2/c33-21(17-15-19-9-3-1-4-10-19)27-25-31-29-23(35-25)13-7-8-14-24-30-32-26(36-24)28-22(34)18-16-20-11-5-2-6-12-20/h1-6,9-12H,7-8,13-18H2,(H,27,31,33)(H,28,32,34). The molecule has 4 aromatic rings. The lowest BCUT2D eigenvalue weighted by Gasteiger charge is -2.01. The second kappa shape index (κ2) is 13.6. The van der Waals surface area contributed by atoms with Crippen molar-refractivity contribution in [3.8, 4) is 0 Å². The number of unbranched alkanes of at least 4 members (excludes halogenated alkanes) is 1. The van der Waals surface area contributed by atoms with Crippen LogP contribution >= 0.6 is 22.7 Å². The first-order valence-corrected chi connectivity index (χ1v) is 13.6. The van der Waals surface area contributed by atoms with E-state index in [1.54, 1.807) is 0 Å². The van der Waals surface area contributed by atoms with Crippen LogP contribution in [-0.4, -0.2) is 32.2 Å². The lowest BCUT2D eigenvalue weighted by Crippen LogP contribution is -2.12. The maximum Gasteiger partial charge on any atom is 0.226 e. The molecule has 0 saturated carbocycles. The molecule has 2 heterocycles. The quantitative estimate of drug-likeness (QED) is 0.237. The van der Waals surface area contributed by atoms with Gasteiger partial charge in [0.1, 0.15) is 10.0 Å². The second-order valence-electron chi connectivity index (χ2n) is 8.28. The Bertz CT molecular complexity index is 1150. The zero-order valence-corrected chi connectivity index (χ0v) is 21.5. The van der Waals surface area contributed by atoms with Gasteiger partial charge in [-0.25, -0.2) is 0 Å². The summed E-state index contributed by atoms with van der Waals surface area (Å²) in [4.78, 5) is 24.3. The molecule has 2 N–H and O–H groups in total. The number of nitrogens with one attached hydrogen (secondary N) is 2. The van der Waals surface area contributed by atoms with E-state index in [-0.39, 0.29) is 11.8 Å². The number of rotatable bonds is 13. The summed E-state index contributed by atoms with van der Waals surface area (Å²) in [6.07, 6.45) is 5.65. The zero-order valence-electron chi connectivity index (χ0n) is 19.9. The predicted molar refractivity (Wildman–Crippen MR) is 143 cm³/mol. The molecule has 10 heteroatoms. The third kappa shape index (κ3) is 8.62. The average molecular weight is 521 g/mol. The third-order valence-corrected chi connectivity index (χ3v) is 7.22. The summed E-state index contributed by atoms with van der Waals surface area (Å²) < 4.78 is 0. The van der Waals surface area contributed by atoms with Gasteiger partial charge in [-0.3, -0.25) is 9.59 Å². The van der Waals surface area contributed by atoms with Crippen molar-refractivity contribution in [3.05, 3.63) is 81.8 Å². The van der Waals surface area contributed by atoms with Crippen LogP contribution in [0.1, 0.15) is 46.8 Å². The van der Waals surface area contributed by atoms with Gasteiger partial charge < -0.3 is 10.6 Å². The smallest absolute Gasteiger partial charge is 0.226 e. The van der Waals surface area contributed by atoms with Gasteiger partial charge in [-0.2, -0.15) is 0 Å². The summed E-state index contributed by atoms with van der Waals surface area (Å²) in [5.74, 6) is -0.110. The van der Waals surface area contributed by atoms with E-state index in [0.717, 1.165) is 46.8 Å². The summed E-state index contributed by atoms with van der Waals surface area (Å²) in [6.45, 7) is 0. The number of aryl methyl sites for hydroxylation is 4. The van der Waals surface area contributed by atoms with Gasteiger partial charge in [0.25, 0.3) is 0 Å². The molecule has 2 aromatic carbocycles. The number of carbonyl (C=O) groups is 2. The Morgan fingerprint density at radius 3 is 1.42 bits per heavy atom. The fraction of sp³-hybridized carbons (Fsp3) is 0.308.